The van der Waals surface area contributed by atoms with Crippen molar-refractivity contribution in [3.05, 3.63) is 0 Å². The van der Waals surface area contributed by atoms with Crippen LogP contribution in [0.4, 0.5) is 0 Å². The third-order valence-corrected chi connectivity index (χ3v) is 3.83. The van der Waals surface area contributed by atoms with E-state index in [9.17, 15) is 0 Å². The quantitative estimate of drug-likeness (QED) is 0.758. The number of hydrogen-bond donors (Lipinski definition) is 1. The highest BCUT2D eigenvalue weighted by molar-refractivity contribution is 4.79. The molecule has 0 aliphatic heterocycles. The molecule has 1 aliphatic rings. The van der Waals surface area contributed by atoms with Gasteiger partial charge in [-0.25, -0.2) is 0 Å². The van der Waals surface area contributed by atoms with Crippen molar-refractivity contribution in [2.45, 2.75) is 58.6 Å². The number of nitrogens with one attached hydrogen (secondary N) is 1. The van der Waals surface area contributed by atoms with Crippen LogP contribution in [0.5, 0.6) is 0 Å². The average molecular weight is 213 g/mol. The summed E-state index contributed by atoms with van der Waals surface area (Å²) in [6, 6.07) is 0.685. The summed E-state index contributed by atoms with van der Waals surface area (Å²) in [4.78, 5) is 0. The third kappa shape index (κ3) is 4.52. The maximum Gasteiger partial charge on any atom is 0.0586 e. The summed E-state index contributed by atoms with van der Waals surface area (Å²) >= 11 is 0. The summed E-state index contributed by atoms with van der Waals surface area (Å²) < 4.78 is 5.44. The zero-order valence-electron chi connectivity index (χ0n) is 10.8. The summed E-state index contributed by atoms with van der Waals surface area (Å²) in [7, 11) is 1.84. The highest BCUT2D eigenvalue weighted by Crippen LogP contribution is 2.21. The number of ether oxygens (including phenoxy) is 1. The van der Waals surface area contributed by atoms with Crippen molar-refractivity contribution in [2.24, 2.45) is 11.8 Å². The number of hydrogen-bond acceptors (Lipinski definition) is 2. The Morgan fingerprint density at radius 1 is 1.27 bits per heavy atom. The fraction of sp³-hybridized carbons (Fsp3) is 1.00. The Balaban J connectivity index is 2.20. The van der Waals surface area contributed by atoms with Gasteiger partial charge in [-0.15, -0.1) is 0 Å². The van der Waals surface area contributed by atoms with Crippen LogP contribution in [0.3, 0.4) is 0 Å². The second-order valence-electron chi connectivity index (χ2n) is 5.35. The second-order valence-corrected chi connectivity index (χ2v) is 5.35. The number of methoxy groups -OCH3 is 1. The van der Waals surface area contributed by atoms with Crippen LogP contribution in [0.15, 0.2) is 0 Å². The van der Waals surface area contributed by atoms with E-state index in [0.29, 0.717) is 12.1 Å². The van der Waals surface area contributed by atoms with Gasteiger partial charge in [0.1, 0.15) is 0 Å². The minimum atomic E-state index is 0.491. The van der Waals surface area contributed by atoms with Crippen LogP contribution in [0.25, 0.3) is 0 Å². The second kappa shape index (κ2) is 6.49. The van der Waals surface area contributed by atoms with Crippen molar-refractivity contribution in [3.8, 4) is 0 Å². The maximum atomic E-state index is 5.44. The van der Waals surface area contributed by atoms with E-state index in [1.807, 2.05) is 7.11 Å². The van der Waals surface area contributed by atoms with Gasteiger partial charge in [0.05, 0.1) is 6.10 Å². The molecule has 0 aromatic rings. The first kappa shape index (κ1) is 13.0. The molecular formula is C13H27NO. The Bertz CT molecular complexity index is 170. The van der Waals surface area contributed by atoms with Gasteiger partial charge in [0.2, 0.25) is 0 Å². The monoisotopic (exact) mass is 213 g/mol. The van der Waals surface area contributed by atoms with E-state index in [-0.39, 0.29) is 0 Å². The van der Waals surface area contributed by atoms with Gasteiger partial charge in [-0.05, 0) is 44.1 Å². The fourth-order valence-corrected chi connectivity index (χ4v) is 2.13. The summed E-state index contributed by atoms with van der Waals surface area (Å²) in [5.41, 5.74) is 0. The van der Waals surface area contributed by atoms with E-state index in [2.05, 4.69) is 26.1 Å². The minimum Gasteiger partial charge on any atom is -0.381 e. The van der Waals surface area contributed by atoms with Gasteiger partial charge in [0.15, 0.2) is 0 Å². The van der Waals surface area contributed by atoms with Crippen LogP contribution in [0.2, 0.25) is 0 Å². The molecule has 1 rings (SSSR count). The Morgan fingerprint density at radius 2 is 2.00 bits per heavy atom. The largest absolute Gasteiger partial charge is 0.381 e. The van der Waals surface area contributed by atoms with Crippen molar-refractivity contribution in [3.63, 3.8) is 0 Å². The van der Waals surface area contributed by atoms with Gasteiger partial charge >= 0.3 is 0 Å². The molecule has 15 heavy (non-hydrogen) atoms. The summed E-state index contributed by atoms with van der Waals surface area (Å²) in [5.74, 6) is 1.55. The SMILES string of the molecule is COC1CCCC(NCC(C)C(C)C)C1. The first-order chi connectivity index (χ1) is 7.13. The summed E-state index contributed by atoms with van der Waals surface area (Å²) in [5, 5.41) is 3.69. The molecule has 1 fully saturated rings. The molecule has 0 radical (unpaired) electrons. The molecule has 2 nitrogen and oxygen atoms in total. The van der Waals surface area contributed by atoms with Crippen LogP contribution >= 0.6 is 0 Å². The first-order valence-corrected chi connectivity index (χ1v) is 6.39. The maximum absolute atomic E-state index is 5.44. The van der Waals surface area contributed by atoms with Gasteiger partial charge < -0.3 is 10.1 Å². The highest BCUT2D eigenvalue weighted by Gasteiger charge is 2.21. The molecule has 1 aliphatic carbocycles. The van der Waals surface area contributed by atoms with Crippen LogP contribution in [-0.4, -0.2) is 25.8 Å². The molecule has 1 saturated carbocycles. The predicted octanol–water partition coefficient (Wildman–Crippen LogP) is 2.83. The molecule has 3 unspecified atom stereocenters. The molecule has 0 bridgehead atoms. The van der Waals surface area contributed by atoms with Gasteiger partial charge in [-0.3, -0.25) is 0 Å². The van der Waals surface area contributed by atoms with Crippen molar-refractivity contribution >= 4 is 0 Å². The van der Waals surface area contributed by atoms with Crippen molar-refractivity contribution in [1.82, 2.24) is 5.32 Å². The summed E-state index contributed by atoms with van der Waals surface area (Å²) in [6.45, 7) is 8.07. The topological polar surface area (TPSA) is 21.3 Å². The van der Waals surface area contributed by atoms with E-state index in [0.717, 1.165) is 18.4 Å². The molecule has 0 aromatic carbocycles. The molecule has 0 amide bonds. The Hall–Kier alpha value is -0.0800. The van der Waals surface area contributed by atoms with E-state index >= 15 is 0 Å². The fourth-order valence-electron chi connectivity index (χ4n) is 2.13. The standard InChI is InChI=1S/C13H27NO/c1-10(2)11(3)9-14-12-6-5-7-13(8-12)15-4/h10-14H,5-9H2,1-4H3. The molecule has 0 heterocycles. The molecule has 3 atom stereocenters. The van der Waals surface area contributed by atoms with E-state index < -0.39 is 0 Å². The van der Waals surface area contributed by atoms with Gasteiger partial charge in [0, 0.05) is 13.2 Å². The smallest absolute Gasteiger partial charge is 0.0586 e. The first-order valence-electron chi connectivity index (χ1n) is 6.39. The lowest BCUT2D eigenvalue weighted by Crippen LogP contribution is -2.39. The minimum absolute atomic E-state index is 0.491. The van der Waals surface area contributed by atoms with Gasteiger partial charge in [0.25, 0.3) is 0 Å². The van der Waals surface area contributed by atoms with Gasteiger partial charge in [-0.1, -0.05) is 20.8 Å². The van der Waals surface area contributed by atoms with Crippen LogP contribution in [0, 0.1) is 11.8 Å². The van der Waals surface area contributed by atoms with Crippen LogP contribution in [-0.2, 0) is 4.74 Å². The zero-order chi connectivity index (χ0) is 11.3. The summed E-state index contributed by atoms with van der Waals surface area (Å²) in [6.07, 6.45) is 5.57. The van der Waals surface area contributed by atoms with Crippen molar-refractivity contribution in [2.75, 3.05) is 13.7 Å². The molecule has 0 saturated heterocycles. The predicted molar refractivity (Wildman–Crippen MR) is 65.1 cm³/mol. The number of rotatable bonds is 5. The zero-order valence-corrected chi connectivity index (χ0v) is 10.8. The Kier molecular flexibility index (Phi) is 5.62. The molecule has 1 N–H and O–H groups in total. The lowest BCUT2D eigenvalue weighted by Gasteiger charge is -2.30. The lowest BCUT2D eigenvalue weighted by molar-refractivity contribution is 0.0580. The normalized spacial score (nSPS) is 29.4. The molecular weight excluding hydrogens is 186 g/mol. The van der Waals surface area contributed by atoms with Crippen molar-refractivity contribution < 1.29 is 4.74 Å². The Labute approximate surface area is 94.8 Å². The van der Waals surface area contributed by atoms with Gasteiger partial charge in [-0.2, -0.15) is 0 Å². The molecule has 0 spiro atoms. The third-order valence-electron chi connectivity index (χ3n) is 3.83. The highest BCUT2D eigenvalue weighted by atomic mass is 16.5. The molecule has 0 aromatic heterocycles. The molecule has 2 heteroatoms. The van der Waals surface area contributed by atoms with Crippen molar-refractivity contribution in [1.29, 1.82) is 0 Å². The lowest BCUT2D eigenvalue weighted by atomic mass is 9.91. The van der Waals surface area contributed by atoms with E-state index in [1.165, 1.54) is 25.7 Å². The van der Waals surface area contributed by atoms with E-state index in [4.69, 9.17) is 4.74 Å². The average Bonchev–Trinajstić information content (AvgIpc) is 2.26. The van der Waals surface area contributed by atoms with Crippen LogP contribution < -0.4 is 5.32 Å². The van der Waals surface area contributed by atoms with Crippen LogP contribution in [0.1, 0.15) is 46.5 Å². The van der Waals surface area contributed by atoms with E-state index in [1.54, 1.807) is 0 Å². The Morgan fingerprint density at radius 3 is 2.60 bits per heavy atom. The molecule has 90 valence electrons.